The zero-order chi connectivity index (χ0) is 40.8. The number of hydrogen-bond donors (Lipinski definition) is 4. The zero-order valence-corrected chi connectivity index (χ0v) is 37.5. The molecule has 0 saturated heterocycles. The van der Waals surface area contributed by atoms with Crippen molar-refractivity contribution in [3.05, 3.63) is 36.5 Å². The normalized spacial score (nSPS) is 13.7. The highest BCUT2D eigenvalue weighted by Gasteiger charge is 2.26. The molecule has 56 heavy (non-hydrogen) atoms. The molecular weight excluding hydrogens is 691 g/mol. The molecule has 0 aliphatic heterocycles. The van der Waals surface area contributed by atoms with Crippen LogP contribution in [0.4, 0.5) is 0 Å². The van der Waals surface area contributed by atoms with E-state index in [0.29, 0.717) is 12.8 Å². The second kappa shape index (κ2) is 46.3. The summed E-state index contributed by atoms with van der Waals surface area (Å²) >= 11 is 0. The fourth-order valence-electron chi connectivity index (χ4n) is 7.61. The van der Waals surface area contributed by atoms with Crippen LogP contribution >= 0.6 is 0 Å². The van der Waals surface area contributed by atoms with E-state index >= 15 is 0 Å². The van der Waals surface area contributed by atoms with Crippen LogP contribution in [0.5, 0.6) is 0 Å². The smallest absolute Gasteiger partial charge is 0.220 e. The second-order valence-corrected chi connectivity index (χ2v) is 17.0. The Hall–Kier alpha value is -1.43. The molecule has 0 aromatic carbocycles. The summed E-state index contributed by atoms with van der Waals surface area (Å²) in [6, 6.07) is -0.831. The van der Waals surface area contributed by atoms with E-state index in [9.17, 15) is 20.1 Å². The largest absolute Gasteiger partial charge is 0.394 e. The van der Waals surface area contributed by atoms with Crippen molar-refractivity contribution < 1.29 is 20.1 Å². The molecule has 0 aromatic rings. The Balaban J connectivity index is 3.65. The quantitative estimate of drug-likeness (QED) is 0.0365. The van der Waals surface area contributed by atoms with E-state index in [2.05, 4.69) is 55.6 Å². The zero-order valence-electron chi connectivity index (χ0n) is 37.5. The van der Waals surface area contributed by atoms with Crippen molar-refractivity contribution in [2.24, 2.45) is 0 Å². The van der Waals surface area contributed by atoms with Gasteiger partial charge in [0.1, 0.15) is 6.10 Å². The minimum atomic E-state index is -1.16. The summed E-state index contributed by atoms with van der Waals surface area (Å²) in [5, 5.41) is 33.6. The van der Waals surface area contributed by atoms with Crippen molar-refractivity contribution in [2.75, 3.05) is 6.61 Å². The Kier molecular flexibility index (Phi) is 45.1. The van der Waals surface area contributed by atoms with Gasteiger partial charge in [0.25, 0.3) is 0 Å². The van der Waals surface area contributed by atoms with Gasteiger partial charge in [-0.05, 0) is 70.6 Å². The van der Waals surface area contributed by atoms with Crippen LogP contribution in [0.2, 0.25) is 0 Å². The number of carbonyl (C=O) groups excluding carboxylic acids is 1. The Morgan fingerprint density at radius 3 is 1.14 bits per heavy atom. The summed E-state index contributed by atoms with van der Waals surface area (Å²) < 4.78 is 0. The first-order chi connectivity index (χ1) is 27.6. The summed E-state index contributed by atoms with van der Waals surface area (Å²) in [7, 11) is 0. The number of aliphatic hydroxyl groups excluding tert-OH is 3. The molecule has 5 nitrogen and oxygen atoms in total. The number of nitrogens with one attached hydrogen (secondary N) is 1. The maximum Gasteiger partial charge on any atom is 0.220 e. The summed E-state index contributed by atoms with van der Waals surface area (Å²) in [5.74, 6) is -0.160. The molecule has 0 bridgehead atoms. The lowest BCUT2D eigenvalue weighted by Crippen LogP contribution is -2.50. The number of allylic oxidation sites excluding steroid dienone is 6. The molecule has 3 unspecified atom stereocenters. The average Bonchev–Trinajstić information content (AvgIpc) is 3.20. The molecule has 0 aliphatic carbocycles. The minimum absolute atomic E-state index is 0.160. The van der Waals surface area contributed by atoms with E-state index in [0.717, 1.165) is 51.4 Å². The fourth-order valence-corrected chi connectivity index (χ4v) is 7.61. The Morgan fingerprint density at radius 1 is 0.446 bits per heavy atom. The van der Waals surface area contributed by atoms with Gasteiger partial charge in [-0.15, -0.1) is 0 Å². The van der Waals surface area contributed by atoms with Crippen molar-refractivity contribution in [3.63, 3.8) is 0 Å². The predicted octanol–water partition coefficient (Wildman–Crippen LogP) is 14.7. The van der Waals surface area contributed by atoms with Gasteiger partial charge < -0.3 is 20.6 Å². The minimum Gasteiger partial charge on any atom is -0.394 e. The first kappa shape index (κ1) is 54.6. The molecular formula is C51H97NO4. The number of unbranched alkanes of at least 4 members (excludes halogenated alkanes) is 31. The van der Waals surface area contributed by atoms with Crippen LogP contribution in [0.3, 0.4) is 0 Å². The van der Waals surface area contributed by atoms with Crippen LogP contribution in [0, 0.1) is 0 Å². The van der Waals surface area contributed by atoms with Gasteiger partial charge >= 0.3 is 0 Å². The number of hydrogen-bond acceptors (Lipinski definition) is 4. The van der Waals surface area contributed by atoms with Crippen LogP contribution < -0.4 is 5.32 Å². The fraction of sp³-hybridized carbons (Fsp3) is 0.863. The molecule has 4 N–H and O–H groups in total. The lowest BCUT2D eigenvalue weighted by Gasteiger charge is -2.26. The van der Waals surface area contributed by atoms with Crippen LogP contribution in [0.1, 0.15) is 258 Å². The van der Waals surface area contributed by atoms with Gasteiger partial charge in [0.2, 0.25) is 5.91 Å². The third-order valence-electron chi connectivity index (χ3n) is 11.5. The van der Waals surface area contributed by atoms with Crippen molar-refractivity contribution in [1.82, 2.24) is 5.32 Å². The molecule has 5 heteroatoms. The van der Waals surface area contributed by atoms with Gasteiger partial charge in [-0.2, -0.15) is 0 Å². The molecule has 0 aromatic heterocycles. The Morgan fingerprint density at radius 2 is 0.768 bits per heavy atom. The van der Waals surface area contributed by atoms with Crippen LogP contribution in [0.25, 0.3) is 0 Å². The number of rotatable bonds is 45. The van der Waals surface area contributed by atoms with Crippen molar-refractivity contribution in [3.8, 4) is 0 Å². The number of carbonyl (C=O) groups is 1. The molecule has 1 amide bonds. The van der Waals surface area contributed by atoms with Gasteiger partial charge in [-0.1, -0.05) is 217 Å². The molecule has 0 heterocycles. The molecule has 0 rings (SSSR count). The highest BCUT2D eigenvalue weighted by molar-refractivity contribution is 5.76. The van der Waals surface area contributed by atoms with Crippen LogP contribution in [-0.2, 0) is 4.79 Å². The predicted molar refractivity (Wildman–Crippen MR) is 245 cm³/mol. The topological polar surface area (TPSA) is 89.8 Å². The van der Waals surface area contributed by atoms with E-state index in [4.69, 9.17) is 0 Å². The van der Waals surface area contributed by atoms with Crippen LogP contribution in [-0.4, -0.2) is 46.1 Å². The molecule has 0 aliphatic rings. The van der Waals surface area contributed by atoms with E-state index in [1.54, 1.807) is 0 Å². The molecule has 3 atom stereocenters. The lowest BCUT2D eigenvalue weighted by atomic mass is 10.0. The first-order valence-electron chi connectivity index (χ1n) is 24.8. The lowest BCUT2D eigenvalue weighted by molar-refractivity contribution is -0.124. The van der Waals surface area contributed by atoms with E-state index < -0.39 is 18.2 Å². The van der Waals surface area contributed by atoms with Gasteiger partial charge in [0, 0.05) is 6.42 Å². The van der Waals surface area contributed by atoms with Gasteiger partial charge in [-0.3, -0.25) is 4.79 Å². The molecule has 0 saturated carbocycles. The summed E-state index contributed by atoms with van der Waals surface area (Å²) in [6.45, 7) is 4.18. The third-order valence-corrected chi connectivity index (χ3v) is 11.5. The summed E-state index contributed by atoms with van der Waals surface area (Å²) in [5.41, 5.74) is 0. The Labute approximate surface area is 349 Å². The summed E-state index contributed by atoms with van der Waals surface area (Å²) in [6.07, 6.45) is 58.4. The van der Waals surface area contributed by atoms with Gasteiger partial charge in [-0.25, -0.2) is 0 Å². The first-order valence-corrected chi connectivity index (χ1v) is 24.8. The van der Waals surface area contributed by atoms with Crippen molar-refractivity contribution in [2.45, 2.75) is 276 Å². The monoisotopic (exact) mass is 788 g/mol. The molecule has 0 spiro atoms. The van der Waals surface area contributed by atoms with Crippen molar-refractivity contribution >= 4 is 5.91 Å². The SMILES string of the molecule is CCCCCCCCCCC/C=C\C/C=C\CCCCCCCCCC(=O)NC(CO)C(O)C(O)CCC/C=C/CCCCCCCCCCCCCCCC. The molecule has 0 fully saturated rings. The Bertz CT molecular complexity index is 870. The number of amides is 1. The third kappa shape index (κ3) is 40.8. The highest BCUT2D eigenvalue weighted by atomic mass is 16.3. The maximum absolute atomic E-state index is 12.5. The van der Waals surface area contributed by atoms with Gasteiger partial charge in [0.05, 0.1) is 18.8 Å². The van der Waals surface area contributed by atoms with E-state index in [1.807, 2.05) is 0 Å². The maximum atomic E-state index is 12.5. The number of aliphatic hydroxyl groups is 3. The van der Waals surface area contributed by atoms with Gasteiger partial charge in [0.15, 0.2) is 0 Å². The standard InChI is InChI=1S/C51H97NO4/c1-3-5-7-9-11-13-15-17-19-21-23-24-25-26-28-30-32-34-36-38-40-42-44-46-50(55)52-48(47-53)51(56)49(54)45-43-41-39-37-35-33-31-29-27-22-20-18-16-14-12-10-8-6-4-2/h23-24,26,28,37,39,48-49,51,53-54,56H,3-22,25,27,29-36,38,40-47H2,1-2H3,(H,52,55)/b24-23-,28-26-,39-37+. The van der Waals surface area contributed by atoms with E-state index in [1.165, 1.54) is 180 Å². The van der Waals surface area contributed by atoms with Crippen molar-refractivity contribution in [1.29, 1.82) is 0 Å². The highest BCUT2D eigenvalue weighted by Crippen LogP contribution is 2.16. The summed E-state index contributed by atoms with van der Waals surface area (Å²) in [4.78, 5) is 12.5. The molecule has 0 radical (unpaired) electrons. The molecule has 330 valence electrons. The second-order valence-electron chi connectivity index (χ2n) is 17.0. The van der Waals surface area contributed by atoms with Crippen LogP contribution in [0.15, 0.2) is 36.5 Å². The van der Waals surface area contributed by atoms with E-state index in [-0.39, 0.29) is 12.5 Å². The average molecular weight is 788 g/mol.